The summed E-state index contributed by atoms with van der Waals surface area (Å²) < 4.78 is 5.20. The molecule has 2 aromatic carbocycles. The van der Waals surface area contributed by atoms with E-state index in [2.05, 4.69) is 5.32 Å². The van der Waals surface area contributed by atoms with E-state index in [1.54, 1.807) is 18.2 Å². The van der Waals surface area contributed by atoms with Gasteiger partial charge in [-0.25, -0.2) is 0 Å². The fourth-order valence-corrected chi connectivity index (χ4v) is 3.50. The molecule has 0 saturated carbocycles. The van der Waals surface area contributed by atoms with Crippen LogP contribution in [-0.4, -0.2) is 24.1 Å². The predicted molar refractivity (Wildman–Crippen MR) is 95.2 cm³/mol. The third-order valence-electron chi connectivity index (χ3n) is 4.56. The van der Waals surface area contributed by atoms with Crippen molar-refractivity contribution in [2.45, 2.75) is 19.3 Å². The van der Waals surface area contributed by atoms with Crippen molar-refractivity contribution in [3.8, 4) is 5.75 Å². The van der Waals surface area contributed by atoms with E-state index in [4.69, 9.17) is 16.3 Å². The van der Waals surface area contributed by atoms with Gasteiger partial charge in [0.05, 0.1) is 18.2 Å². The number of carbonyl (C=O) groups excluding carboxylic acids is 1. The molecule has 0 heterocycles. The van der Waals surface area contributed by atoms with Crippen LogP contribution in [0.4, 0.5) is 5.69 Å². The molecule has 0 spiro atoms. The second-order valence-electron chi connectivity index (χ2n) is 6.28. The van der Waals surface area contributed by atoms with Gasteiger partial charge < -0.3 is 15.2 Å². The number of amides is 1. The van der Waals surface area contributed by atoms with Crippen molar-refractivity contribution in [1.29, 1.82) is 0 Å². The Morgan fingerprint density at radius 2 is 1.84 bits per heavy atom. The monoisotopic (exact) mass is 359 g/mol. The lowest BCUT2D eigenvalue weighted by Gasteiger charge is -2.23. The maximum absolute atomic E-state index is 12.5. The van der Waals surface area contributed by atoms with Crippen LogP contribution in [0.25, 0.3) is 0 Å². The fourth-order valence-electron chi connectivity index (χ4n) is 3.33. The molecule has 0 aliphatic heterocycles. The Hall–Kier alpha value is -2.53. The van der Waals surface area contributed by atoms with Crippen LogP contribution in [0.3, 0.4) is 0 Å². The number of hydrogen-bond acceptors (Lipinski definition) is 3. The summed E-state index contributed by atoms with van der Waals surface area (Å²) >= 11 is 5.97. The fraction of sp³-hybridized carbons (Fsp3) is 0.263. The van der Waals surface area contributed by atoms with Crippen LogP contribution < -0.4 is 10.1 Å². The van der Waals surface area contributed by atoms with Gasteiger partial charge in [-0.2, -0.15) is 0 Å². The number of carboxylic acids is 1. The van der Waals surface area contributed by atoms with Gasteiger partial charge in [-0.15, -0.1) is 0 Å². The van der Waals surface area contributed by atoms with Crippen LogP contribution >= 0.6 is 11.6 Å². The number of ether oxygens (including phenoxy) is 1. The SMILES string of the molecule is COc1ccc(Cl)cc1NC(=O)CC1(C(=O)O)Cc2ccccc2C1. The zero-order valence-electron chi connectivity index (χ0n) is 13.7. The van der Waals surface area contributed by atoms with Gasteiger partial charge in [0.1, 0.15) is 5.75 Å². The summed E-state index contributed by atoms with van der Waals surface area (Å²) in [5.74, 6) is -0.871. The molecule has 6 heteroatoms. The number of halogens is 1. The second-order valence-corrected chi connectivity index (χ2v) is 6.71. The molecule has 2 aromatic rings. The molecule has 5 nitrogen and oxygen atoms in total. The van der Waals surface area contributed by atoms with Crippen molar-refractivity contribution in [2.24, 2.45) is 5.41 Å². The van der Waals surface area contributed by atoms with Gasteiger partial charge in [0.2, 0.25) is 5.91 Å². The lowest BCUT2D eigenvalue weighted by molar-refractivity contribution is -0.150. The zero-order chi connectivity index (χ0) is 18.0. The number of benzene rings is 2. The average molecular weight is 360 g/mol. The van der Waals surface area contributed by atoms with Crippen LogP contribution in [0.1, 0.15) is 17.5 Å². The molecule has 25 heavy (non-hydrogen) atoms. The molecule has 0 atom stereocenters. The van der Waals surface area contributed by atoms with Crippen LogP contribution in [0.15, 0.2) is 42.5 Å². The number of hydrogen-bond donors (Lipinski definition) is 2. The number of rotatable bonds is 5. The van der Waals surface area contributed by atoms with E-state index in [1.165, 1.54) is 7.11 Å². The third-order valence-corrected chi connectivity index (χ3v) is 4.80. The van der Waals surface area contributed by atoms with Crippen LogP contribution in [0.2, 0.25) is 5.02 Å². The van der Waals surface area contributed by atoms with E-state index in [1.807, 2.05) is 24.3 Å². The highest BCUT2D eigenvalue weighted by molar-refractivity contribution is 6.31. The number of anilines is 1. The molecule has 3 rings (SSSR count). The molecule has 0 radical (unpaired) electrons. The Balaban J connectivity index is 1.80. The molecule has 1 amide bonds. The topological polar surface area (TPSA) is 75.6 Å². The number of aliphatic carboxylic acids is 1. The zero-order valence-corrected chi connectivity index (χ0v) is 14.5. The molecule has 1 aliphatic rings. The minimum absolute atomic E-state index is 0.118. The molecule has 2 N–H and O–H groups in total. The largest absolute Gasteiger partial charge is 0.495 e. The Morgan fingerprint density at radius 1 is 1.20 bits per heavy atom. The summed E-state index contributed by atoms with van der Waals surface area (Å²) in [4.78, 5) is 24.5. The first-order chi connectivity index (χ1) is 11.9. The Kier molecular flexibility index (Phi) is 4.68. The Morgan fingerprint density at radius 3 is 2.40 bits per heavy atom. The number of nitrogens with one attached hydrogen (secondary N) is 1. The number of methoxy groups -OCH3 is 1. The highest BCUT2D eigenvalue weighted by Gasteiger charge is 2.45. The van der Waals surface area contributed by atoms with Gasteiger partial charge in [0, 0.05) is 11.4 Å². The van der Waals surface area contributed by atoms with Gasteiger partial charge in [-0.3, -0.25) is 9.59 Å². The lowest BCUT2D eigenvalue weighted by Crippen LogP contribution is -2.36. The van der Waals surface area contributed by atoms with Crippen molar-refractivity contribution >= 4 is 29.2 Å². The number of fused-ring (bicyclic) bond motifs is 1. The van der Waals surface area contributed by atoms with Crippen LogP contribution in [0.5, 0.6) is 5.75 Å². The Labute approximate surface area is 150 Å². The van der Waals surface area contributed by atoms with Crippen LogP contribution in [0, 0.1) is 5.41 Å². The van der Waals surface area contributed by atoms with Crippen molar-refractivity contribution in [1.82, 2.24) is 0 Å². The minimum atomic E-state index is -1.13. The molecule has 0 saturated heterocycles. The summed E-state index contributed by atoms with van der Waals surface area (Å²) in [6.07, 6.45) is 0.573. The van der Waals surface area contributed by atoms with Gasteiger partial charge in [0.15, 0.2) is 0 Å². The van der Waals surface area contributed by atoms with Crippen molar-refractivity contribution in [3.05, 3.63) is 58.6 Å². The summed E-state index contributed by atoms with van der Waals surface area (Å²) in [6.45, 7) is 0. The van der Waals surface area contributed by atoms with E-state index in [0.29, 0.717) is 29.3 Å². The average Bonchev–Trinajstić information content (AvgIpc) is 2.94. The number of carboxylic acid groups (broad SMARTS) is 1. The first-order valence-electron chi connectivity index (χ1n) is 7.87. The van der Waals surface area contributed by atoms with Gasteiger partial charge in [0.25, 0.3) is 0 Å². The van der Waals surface area contributed by atoms with E-state index >= 15 is 0 Å². The molecular formula is C19H18ClNO4. The van der Waals surface area contributed by atoms with Crippen molar-refractivity contribution < 1.29 is 19.4 Å². The standard InChI is InChI=1S/C19H18ClNO4/c1-25-16-7-6-14(20)8-15(16)21-17(22)11-19(18(23)24)9-12-4-2-3-5-13(12)10-19/h2-8H,9-11H2,1H3,(H,21,22)(H,23,24). The first kappa shape index (κ1) is 17.3. The van der Waals surface area contributed by atoms with Crippen molar-refractivity contribution in [2.75, 3.05) is 12.4 Å². The van der Waals surface area contributed by atoms with Crippen molar-refractivity contribution in [3.63, 3.8) is 0 Å². The highest BCUT2D eigenvalue weighted by atomic mass is 35.5. The van der Waals surface area contributed by atoms with E-state index in [0.717, 1.165) is 11.1 Å². The summed E-state index contributed by atoms with van der Waals surface area (Å²) in [5, 5.41) is 12.9. The molecule has 0 bridgehead atoms. The predicted octanol–water partition coefficient (Wildman–Crippen LogP) is 3.55. The van der Waals surface area contributed by atoms with Crippen LogP contribution in [-0.2, 0) is 22.4 Å². The van der Waals surface area contributed by atoms with Gasteiger partial charge in [-0.1, -0.05) is 35.9 Å². The van der Waals surface area contributed by atoms with E-state index < -0.39 is 11.4 Å². The van der Waals surface area contributed by atoms with E-state index in [-0.39, 0.29) is 12.3 Å². The highest BCUT2D eigenvalue weighted by Crippen LogP contribution is 2.40. The second kappa shape index (κ2) is 6.76. The minimum Gasteiger partial charge on any atom is -0.495 e. The Bertz CT molecular complexity index is 809. The number of carbonyl (C=O) groups is 2. The molecule has 0 unspecified atom stereocenters. The third kappa shape index (κ3) is 3.46. The van der Waals surface area contributed by atoms with Gasteiger partial charge >= 0.3 is 5.97 Å². The molecule has 0 aromatic heterocycles. The molecule has 1 aliphatic carbocycles. The molecule has 130 valence electrons. The maximum atomic E-state index is 12.5. The quantitative estimate of drug-likeness (QED) is 0.856. The van der Waals surface area contributed by atoms with E-state index in [9.17, 15) is 14.7 Å². The summed E-state index contributed by atoms with van der Waals surface area (Å²) in [6, 6.07) is 12.5. The molecule has 0 fully saturated rings. The molecular weight excluding hydrogens is 342 g/mol. The normalized spacial score (nSPS) is 14.6. The lowest BCUT2D eigenvalue weighted by atomic mass is 9.81. The first-order valence-corrected chi connectivity index (χ1v) is 8.25. The summed E-state index contributed by atoms with van der Waals surface area (Å²) in [5.41, 5.74) is 1.27. The smallest absolute Gasteiger partial charge is 0.310 e. The van der Waals surface area contributed by atoms with Gasteiger partial charge in [-0.05, 0) is 42.2 Å². The maximum Gasteiger partial charge on any atom is 0.310 e. The summed E-state index contributed by atoms with van der Waals surface area (Å²) in [7, 11) is 1.49.